The molecule has 1 heterocycles. The van der Waals surface area contributed by atoms with Crippen LogP contribution in [0.4, 0.5) is 0 Å². The summed E-state index contributed by atoms with van der Waals surface area (Å²) < 4.78 is 10.8. The third kappa shape index (κ3) is 8.13. The van der Waals surface area contributed by atoms with Gasteiger partial charge in [-0.1, -0.05) is 60.7 Å². The number of hydrogen-bond acceptors (Lipinski definition) is 6. The van der Waals surface area contributed by atoms with Gasteiger partial charge in [0.05, 0.1) is 12.7 Å². The van der Waals surface area contributed by atoms with Crippen molar-refractivity contribution < 1.29 is 23.8 Å². The molecule has 3 aromatic rings. The molecule has 6 heteroatoms. The van der Waals surface area contributed by atoms with Crippen LogP contribution in [-0.2, 0) is 33.7 Å². The molecular weight excluding hydrogens is 466 g/mol. The van der Waals surface area contributed by atoms with E-state index in [0.717, 1.165) is 42.8 Å². The van der Waals surface area contributed by atoms with Crippen LogP contribution in [0.5, 0.6) is 0 Å². The average molecular weight is 500 g/mol. The van der Waals surface area contributed by atoms with Crippen molar-refractivity contribution in [1.82, 2.24) is 4.90 Å². The summed E-state index contributed by atoms with van der Waals surface area (Å²) in [5.41, 5.74) is 6.11. The summed E-state index contributed by atoms with van der Waals surface area (Å²) in [6.07, 6.45) is 9.74. The first-order chi connectivity index (χ1) is 18.1. The van der Waals surface area contributed by atoms with Crippen molar-refractivity contribution in [2.75, 3.05) is 26.3 Å². The van der Waals surface area contributed by atoms with Crippen LogP contribution in [0.2, 0.25) is 0 Å². The van der Waals surface area contributed by atoms with E-state index in [0.29, 0.717) is 26.0 Å². The number of aryl methyl sites for hydroxylation is 1. The van der Waals surface area contributed by atoms with Gasteiger partial charge in [-0.25, -0.2) is 0 Å². The summed E-state index contributed by atoms with van der Waals surface area (Å²) in [6.45, 7) is 2.04. The minimum atomic E-state index is -0.488. The Kier molecular flexibility index (Phi) is 9.63. The van der Waals surface area contributed by atoms with E-state index in [1.54, 1.807) is 12.3 Å². The number of esters is 1. The van der Waals surface area contributed by atoms with E-state index in [-0.39, 0.29) is 11.8 Å². The largest absolute Gasteiger partial charge is 0.469 e. The Morgan fingerprint density at radius 1 is 1.00 bits per heavy atom. The molecule has 0 bridgehead atoms. The van der Waals surface area contributed by atoms with Gasteiger partial charge in [0.25, 0.3) is 0 Å². The topological polar surface area (TPSA) is 80.0 Å². The first-order valence-corrected chi connectivity index (χ1v) is 12.7. The molecule has 0 fully saturated rings. The number of fused-ring (bicyclic) bond motifs is 1. The number of ether oxygens (including phenoxy) is 1. The van der Waals surface area contributed by atoms with Crippen LogP contribution in [0.3, 0.4) is 0 Å². The molecule has 1 aliphatic carbocycles. The number of carbonyl (C=O) groups excluding carboxylic acids is 2. The molecule has 4 rings (SSSR count). The molecule has 0 aliphatic heterocycles. The van der Waals surface area contributed by atoms with Crippen LogP contribution in [0.1, 0.15) is 40.9 Å². The van der Waals surface area contributed by atoms with E-state index in [1.165, 1.54) is 22.8 Å². The number of carbonyl (C=O) groups is 2. The lowest BCUT2D eigenvalue weighted by atomic mass is 10.0. The number of allylic oxidation sites excluding steroid dienone is 1. The van der Waals surface area contributed by atoms with E-state index in [2.05, 4.69) is 35.2 Å². The molecule has 192 valence electrons. The second kappa shape index (κ2) is 13.5. The molecular formula is C31H33NO5. The van der Waals surface area contributed by atoms with Gasteiger partial charge in [0.2, 0.25) is 0 Å². The Labute approximate surface area is 217 Å². The molecule has 0 saturated carbocycles. The van der Waals surface area contributed by atoms with Crippen LogP contribution in [-0.4, -0.2) is 48.1 Å². The fraction of sp³-hybridized carbons (Fsp3) is 0.290. The van der Waals surface area contributed by atoms with E-state index in [9.17, 15) is 9.59 Å². The third-order valence-electron chi connectivity index (χ3n) is 6.46. The van der Waals surface area contributed by atoms with Crippen molar-refractivity contribution in [3.8, 4) is 0 Å². The van der Waals surface area contributed by atoms with Gasteiger partial charge >= 0.3 is 5.97 Å². The Morgan fingerprint density at radius 2 is 1.84 bits per heavy atom. The summed E-state index contributed by atoms with van der Waals surface area (Å²) in [4.78, 5) is 25.8. The molecule has 0 spiro atoms. The van der Waals surface area contributed by atoms with Gasteiger partial charge in [-0.3, -0.25) is 14.5 Å². The summed E-state index contributed by atoms with van der Waals surface area (Å²) in [6, 6.07) is 20.2. The number of ketones is 1. The minimum Gasteiger partial charge on any atom is -0.469 e. The summed E-state index contributed by atoms with van der Waals surface area (Å²) in [5, 5.41) is 8.87. The van der Waals surface area contributed by atoms with E-state index in [1.807, 2.05) is 36.4 Å². The van der Waals surface area contributed by atoms with Crippen LogP contribution >= 0.6 is 0 Å². The number of aliphatic hydroxyl groups excluding tert-OH is 1. The maximum absolute atomic E-state index is 12.2. The standard InChI is InChI=1S/C31H33NO5/c33-23-28(34)14-11-24-7-9-25(10-8-24)22-32(18-17-27-13-12-26-4-1-2-6-30(26)27)19-21-37-31(35)16-15-29-5-3-20-36-29/h1-11,13-14,20,33H,12,15-19,21-23H2/b14-11+. The van der Waals surface area contributed by atoms with Gasteiger partial charge in [0.15, 0.2) is 5.78 Å². The van der Waals surface area contributed by atoms with Gasteiger partial charge in [0, 0.05) is 26.1 Å². The molecule has 0 radical (unpaired) electrons. The summed E-state index contributed by atoms with van der Waals surface area (Å²) >= 11 is 0. The fourth-order valence-corrected chi connectivity index (χ4v) is 4.41. The molecule has 0 amide bonds. The fourth-order valence-electron chi connectivity index (χ4n) is 4.41. The van der Waals surface area contributed by atoms with Crippen LogP contribution < -0.4 is 0 Å². The zero-order chi connectivity index (χ0) is 25.9. The Hall–Kier alpha value is -3.74. The quantitative estimate of drug-likeness (QED) is 0.252. The second-order valence-electron chi connectivity index (χ2n) is 9.12. The second-order valence-corrected chi connectivity index (χ2v) is 9.12. The van der Waals surface area contributed by atoms with Crippen LogP contribution in [0, 0.1) is 0 Å². The highest BCUT2D eigenvalue weighted by Gasteiger charge is 2.15. The van der Waals surface area contributed by atoms with Gasteiger partial charge in [0.1, 0.15) is 19.0 Å². The van der Waals surface area contributed by atoms with Crippen molar-refractivity contribution >= 4 is 23.4 Å². The lowest BCUT2D eigenvalue weighted by molar-refractivity contribution is -0.144. The molecule has 1 N–H and O–H groups in total. The van der Waals surface area contributed by atoms with E-state index >= 15 is 0 Å². The number of hydrogen-bond donors (Lipinski definition) is 1. The first-order valence-electron chi connectivity index (χ1n) is 12.7. The van der Waals surface area contributed by atoms with Gasteiger partial charge in [-0.05, 0) is 58.9 Å². The van der Waals surface area contributed by atoms with E-state index < -0.39 is 6.61 Å². The Bertz CT molecular complexity index is 1220. The van der Waals surface area contributed by atoms with Crippen LogP contribution in [0.25, 0.3) is 11.6 Å². The average Bonchev–Trinajstić information content (AvgIpc) is 3.60. The van der Waals surface area contributed by atoms with Crippen LogP contribution in [0.15, 0.2) is 83.5 Å². The smallest absolute Gasteiger partial charge is 0.306 e. The Morgan fingerprint density at radius 3 is 2.62 bits per heavy atom. The van der Waals surface area contributed by atoms with Crippen molar-refractivity contribution in [3.63, 3.8) is 0 Å². The molecule has 2 aromatic carbocycles. The van der Waals surface area contributed by atoms with Gasteiger partial charge < -0.3 is 14.3 Å². The first kappa shape index (κ1) is 26.3. The SMILES string of the molecule is O=C(/C=C/c1ccc(CN(CCOC(=O)CCc2ccco2)CCC2=CCc3ccccc32)cc1)CO. The van der Waals surface area contributed by atoms with Crippen molar-refractivity contribution in [3.05, 3.63) is 107 Å². The molecule has 37 heavy (non-hydrogen) atoms. The summed E-state index contributed by atoms with van der Waals surface area (Å²) in [7, 11) is 0. The maximum Gasteiger partial charge on any atom is 0.306 e. The molecule has 6 nitrogen and oxygen atoms in total. The number of benzene rings is 2. The highest BCUT2D eigenvalue weighted by atomic mass is 16.5. The monoisotopic (exact) mass is 499 g/mol. The summed E-state index contributed by atoms with van der Waals surface area (Å²) in [5.74, 6) is 0.233. The molecule has 1 aliphatic rings. The highest BCUT2D eigenvalue weighted by molar-refractivity contribution is 5.94. The molecule has 0 atom stereocenters. The van der Waals surface area contributed by atoms with Crippen molar-refractivity contribution in [1.29, 1.82) is 0 Å². The predicted molar refractivity (Wildman–Crippen MR) is 144 cm³/mol. The lowest BCUT2D eigenvalue weighted by Crippen LogP contribution is -2.29. The lowest BCUT2D eigenvalue weighted by Gasteiger charge is -2.23. The van der Waals surface area contributed by atoms with Crippen molar-refractivity contribution in [2.45, 2.75) is 32.2 Å². The zero-order valence-corrected chi connectivity index (χ0v) is 21.0. The van der Waals surface area contributed by atoms with Gasteiger partial charge in [-0.15, -0.1) is 0 Å². The minimum absolute atomic E-state index is 0.225. The normalized spacial score (nSPS) is 12.6. The predicted octanol–water partition coefficient (Wildman–Crippen LogP) is 4.86. The molecule has 0 saturated heterocycles. The molecule has 0 unspecified atom stereocenters. The number of nitrogens with zero attached hydrogens (tertiary/aromatic N) is 1. The zero-order valence-electron chi connectivity index (χ0n) is 21.0. The number of rotatable bonds is 14. The third-order valence-corrected chi connectivity index (χ3v) is 6.46. The van der Waals surface area contributed by atoms with Gasteiger partial charge in [-0.2, -0.15) is 0 Å². The number of aliphatic hydroxyl groups is 1. The van der Waals surface area contributed by atoms with E-state index in [4.69, 9.17) is 14.3 Å². The molecule has 1 aromatic heterocycles. The maximum atomic E-state index is 12.2. The van der Waals surface area contributed by atoms with Crippen molar-refractivity contribution in [2.24, 2.45) is 0 Å². The highest BCUT2D eigenvalue weighted by Crippen LogP contribution is 2.29. The number of furan rings is 1. The Balaban J connectivity index is 1.33.